The van der Waals surface area contributed by atoms with Gasteiger partial charge in [0, 0.05) is 43.4 Å². The van der Waals surface area contributed by atoms with Crippen molar-refractivity contribution in [1.29, 1.82) is 0 Å². The van der Waals surface area contributed by atoms with Gasteiger partial charge in [-0.2, -0.15) is 22.6 Å². The molecule has 3 heterocycles. The molecule has 0 N–H and O–H groups in total. The van der Waals surface area contributed by atoms with Gasteiger partial charge < -0.3 is 4.74 Å². The van der Waals surface area contributed by atoms with Gasteiger partial charge in [-0.25, -0.2) is 13.1 Å². The largest absolute Gasteiger partial charge is 0.416 e. The smallest absolute Gasteiger partial charge is 0.360 e. The van der Waals surface area contributed by atoms with Crippen molar-refractivity contribution in [3.05, 3.63) is 81.6 Å². The van der Waals surface area contributed by atoms with E-state index >= 15 is 0 Å². The number of benzene rings is 2. The Morgan fingerprint density at radius 3 is 2.48 bits per heavy atom. The fraction of sp³-hybridized carbons (Fsp3) is 0.464. The maximum absolute atomic E-state index is 14.0. The van der Waals surface area contributed by atoms with Crippen LogP contribution in [-0.4, -0.2) is 43.2 Å². The second kappa shape index (κ2) is 11.0. The Morgan fingerprint density at radius 2 is 1.82 bits per heavy atom. The van der Waals surface area contributed by atoms with E-state index in [2.05, 4.69) is 47.7 Å². The lowest BCUT2D eigenvalue weighted by molar-refractivity contribution is -0.137. The third kappa shape index (κ3) is 6.25. The topological polar surface area (TPSA) is 64.4 Å². The minimum atomic E-state index is -4.54. The van der Waals surface area contributed by atoms with Crippen molar-refractivity contribution in [2.45, 2.75) is 80.8 Å². The molecule has 5 rings (SSSR count). The molecule has 2 aliphatic heterocycles. The molecule has 1 saturated heterocycles. The zero-order valence-electron chi connectivity index (χ0n) is 22.7. The van der Waals surface area contributed by atoms with Crippen molar-refractivity contribution in [2.24, 2.45) is 0 Å². The van der Waals surface area contributed by atoms with Crippen LogP contribution in [0.5, 0.6) is 0 Å². The maximum atomic E-state index is 14.0. The van der Waals surface area contributed by atoms with E-state index in [4.69, 9.17) is 9.84 Å². The lowest BCUT2D eigenvalue weighted by Crippen LogP contribution is -2.51. The highest BCUT2D eigenvalue weighted by Gasteiger charge is 2.48. The Morgan fingerprint density at radius 1 is 1.10 bits per heavy atom. The van der Waals surface area contributed by atoms with Gasteiger partial charge in [0.1, 0.15) is 6.73 Å². The average Bonchev–Trinajstić information content (AvgIpc) is 3.27. The van der Waals surface area contributed by atoms with Crippen LogP contribution in [0, 0.1) is 0 Å². The van der Waals surface area contributed by atoms with Gasteiger partial charge in [-0.1, -0.05) is 47.7 Å². The zero-order chi connectivity index (χ0) is 28.9. The van der Waals surface area contributed by atoms with E-state index < -0.39 is 35.9 Å². The van der Waals surface area contributed by atoms with E-state index in [1.807, 2.05) is 18.3 Å². The molecule has 216 valence electrons. The molecule has 1 aromatic heterocycles. The Hall–Kier alpha value is -1.99. The van der Waals surface area contributed by atoms with Gasteiger partial charge >= 0.3 is 6.18 Å². The first-order valence-corrected chi connectivity index (χ1v) is 19.3. The Balaban J connectivity index is 1.47. The van der Waals surface area contributed by atoms with E-state index in [1.54, 1.807) is 4.68 Å². The summed E-state index contributed by atoms with van der Waals surface area (Å²) in [7, 11) is -5.31. The van der Waals surface area contributed by atoms with Crippen LogP contribution in [0.25, 0.3) is 0 Å². The van der Waals surface area contributed by atoms with Crippen molar-refractivity contribution in [3.63, 3.8) is 0 Å². The number of fused-ring (bicyclic) bond motifs is 4. The van der Waals surface area contributed by atoms with Crippen LogP contribution in [0.15, 0.2) is 64.1 Å². The standard InChI is InChI=1S/C28H33BrF3N3O3SSi/c1-40(2,3)12-11-38-18-34-17-25-26(33-34)16-23-14-20(19-5-4-6-22(29)13-19)15-27(25)35(23)39(36,37)24-9-7-21(8-10-24)28(30,31)32/h4-10,13,17,20,23,27H,11-12,14-16,18H2,1-3H3. The van der Waals surface area contributed by atoms with Crippen molar-refractivity contribution in [3.8, 4) is 0 Å². The summed E-state index contributed by atoms with van der Waals surface area (Å²) < 4.78 is 77.5. The molecule has 2 aliphatic rings. The first kappa shape index (κ1) is 29.5. The summed E-state index contributed by atoms with van der Waals surface area (Å²) in [5.74, 6) is 0.121. The molecule has 0 amide bonds. The van der Waals surface area contributed by atoms with Crippen LogP contribution in [0.3, 0.4) is 0 Å². The molecule has 0 aliphatic carbocycles. The fourth-order valence-electron chi connectivity index (χ4n) is 5.67. The predicted octanol–water partition coefficient (Wildman–Crippen LogP) is 7.21. The van der Waals surface area contributed by atoms with Crippen molar-refractivity contribution in [1.82, 2.24) is 14.1 Å². The highest BCUT2D eigenvalue weighted by atomic mass is 79.9. The number of ether oxygens (including phenoxy) is 1. The molecule has 0 spiro atoms. The predicted molar refractivity (Wildman–Crippen MR) is 153 cm³/mol. The van der Waals surface area contributed by atoms with Crippen LogP contribution in [-0.2, 0) is 34.1 Å². The fourth-order valence-corrected chi connectivity index (χ4v) is 8.65. The molecule has 6 nitrogen and oxygen atoms in total. The molecule has 3 aromatic rings. The molecule has 0 saturated carbocycles. The Kier molecular flexibility index (Phi) is 8.12. The summed E-state index contributed by atoms with van der Waals surface area (Å²) >= 11 is 3.54. The van der Waals surface area contributed by atoms with Gasteiger partial charge in [-0.05, 0) is 66.8 Å². The van der Waals surface area contributed by atoms with E-state index in [0.717, 1.165) is 51.6 Å². The van der Waals surface area contributed by atoms with Gasteiger partial charge in [-0.3, -0.25) is 0 Å². The van der Waals surface area contributed by atoms with Gasteiger partial charge in [0.15, 0.2) is 0 Å². The number of nitrogens with zero attached hydrogens (tertiary/aromatic N) is 3. The first-order valence-electron chi connectivity index (χ1n) is 13.3. The number of rotatable bonds is 8. The summed E-state index contributed by atoms with van der Waals surface area (Å²) in [5.41, 5.74) is 1.94. The number of halogens is 4. The molecule has 1 fully saturated rings. The SMILES string of the molecule is C[Si](C)(C)CCOCn1cc2c(n1)CC1CC(c3cccc(Br)c3)CC2N1S(=O)(=O)c1ccc(C(F)(F)F)cc1. The quantitative estimate of drug-likeness (QED) is 0.190. The third-order valence-corrected chi connectivity index (χ3v) is 11.9. The van der Waals surface area contributed by atoms with Crippen LogP contribution >= 0.6 is 15.9 Å². The van der Waals surface area contributed by atoms with Gasteiger partial charge in [-0.15, -0.1) is 0 Å². The van der Waals surface area contributed by atoms with Gasteiger partial charge in [0.2, 0.25) is 10.0 Å². The average molecular weight is 657 g/mol. The van der Waals surface area contributed by atoms with Crippen LogP contribution < -0.4 is 0 Å². The van der Waals surface area contributed by atoms with Crippen molar-refractivity contribution >= 4 is 34.0 Å². The normalized spacial score (nSPS) is 21.8. The lowest BCUT2D eigenvalue weighted by Gasteiger charge is -2.47. The van der Waals surface area contributed by atoms with Crippen LogP contribution in [0.2, 0.25) is 25.7 Å². The number of alkyl halides is 3. The summed E-state index contributed by atoms with van der Waals surface area (Å²) in [6, 6.07) is 12.0. The Labute approximate surface area is 242 Å². The second-order valence-electron chi connectivity index (χ2n) is 11.9. The van der Waals surface area contributed by atoms with E-state index in [-0.39, 0.29) is 23.6 Å². The Bertz CT molecular complexity index is 1470. The lowest BCUT2D eigenvalue weighted by atomic mass is 9.76. The highest BCUT2D eigenvalue weighted by Crippen LogP contribution is 2.49. The number of aromatic nitrogens is 2. The van der Waals surface area contributed by atoms with E-state index in [9.17, 15) is 21.6 Å². The minimum absolute atomic E-state index is 0.121. The van der Waals surface area contributed by atoms with Crippen molar-refractivity contribution < 1.29 is 26.3 Å². The third-order valence-electron chi connectivity index (χ3n) is 7.69. The van der Waals surface area contributed by atoms with Crippen LogP contribution in [0.1, 0.15) is 47.2 Å². The zero-order valence-corrected chi connectivity index (χ0v) is 26.1. The number of piperidine rings is 1. The molecule has 40 heavy (non-hydrogen) atoms. The first-order chi connectivity index (χ1) is 18.7. The molecule has 2 aromatic carbocycles. The van der Waals surface area contributed by atoms with Crippen LogP contribution in [0.4, 0.5) is 13.2 Å². The molecule has 12 heteroatoms. The number of hydrogen-bond acceptors (Lipinski definition) is 4. The molecular formula is C28H33BrF3N3O3SSi. The maximum Gasteiger partial charge on any atom is 0.416 e. The molecule has 3 atom stereocenters. The molecule has 3 unspecified atom stereocenters. The monoisotopic (exact) mass is 655 g/mol. The van der Waals surface area contributed by atoms with E-state index in [0.29, 0.717) is 25.9 Å². The highest BCUT2D eigenvalue weighted by molar-refractivity contribution is 9.10. The van der Waals surface area contributed by atoms with E-state index in [1.165, 1.54) is 4.31 Å². The molecule has 0 radical (unpaired) electrons. The second-order valence-corrected chi connectivity index (χ2v) is 20.3. The van der Waals surface area contributed by atoms with Crippen molar-refractivity contribution in [2.75, 3.05) is 6.61 Å². The minimum Gasteiger partial charge on any atom is -0.360 e. The number of sulfonamides is 1. The van der Waals surface area contributed by atoms with Gasteiger partial charge in [0.25, 0.3) is 0 Å². The van der Waals surface area contributed by atoms with Gasteiger partial charge in [0.05, 0.1) is 22.2 Å². The number of hydrogen-bond donors (Lipinski definition) is 0. The summed E-state index contributed by atoms with van der Waals surface area (Å²) in [6.07, 6.45) is -1.10. The summed E-state index contributed by atoms with van der Waals surface area (Å²) in [4.78, 5) is -0.137. The molecule has 2 bridgehead atoms. The summed E-state index contributed by atoms with van der Waals surface area (Å²) in [5, 5.41) is 4.76. The molecular weight excluding hydrogens is 623 g/mol. The summed E-state index contributed by atoms with van der Waals surface area (Å²) in [6.45, 7) is 7.80.